The van der Waals surface area contributed by atoms with Crippen molar-refractivity contribution in [3.05, 3.63) is 70.3 Å². The van der Waals surface area contributed by atoms with Gasteiger partial charge >= 0.3 is 0 Å². The molecule has 4 rings (SSSR count). The van der Waals surface area contributed by atoms with Crippen LogP contribution in [-0.2, 0) is 9.53 Å². The van der Waals surface area contributed by atoms with E-state index in [2.05, 4.69) is 0 Å². The molecule has 3 nitrogen and oxygen atoms in total. The highest BCUT2D eigenvalue weighted by molar-refractivity contribution is 8.00. The SMILES string of the molecule is CC1(C)OC2=C(CC1Sc1cccc(Cl)c1)C(=O)C(=O)c1ccccc12. The van der Waals surface area contributed by atoms with Crippen LogP contribution < -0.4 is 0 Å². The van der Waals surface area contributed by atoms with Crippen molar-refractivity contribution >= 4 is 40.7 Å². The van der Waals surface area contributed by atoms with Gasteiger partial charge in [0.15, 0.2) is 0 Å². The second-order valence-corrected chi connectivity index (χ2v) is 8.70. The van der Waals surface area contributed by atoms with E-state index < -0.39 is 17.2 Å². The Morgan fingerprint density at radius 3 is 2.50 bits per heavy atom. The minimum absolute atomic E-state index is 0.0123. The Labute approximate surface area is 161 Å². The zero-order valence-corrected chi connectivity index (χ0v) is 16.0. The number of thioether (sulfide) groups is 1. The monoisotopic (exact) mass is 384 g/mol. The van der Waals surface area contributed by atoms with Gasteiger partial charge in [-0.1, -0.05) is 41.9 Å². The number of Topliss-reactive ketones (excluding diaryl/α,β-unsaturated/α-hetero) is 2. The van der Waals surface area contributed by atoms with Gasteiger partial charge in [-0.2, -0.15) is 0 Å². The average Bonchev–Trinajstić information content (AvgIpc) is 2.61. The average molecular weight is 385 g/mol. The van der Waals surface area contributed by atoms with Crippen LogP contribution in [0.15, 0.2) is 59.0 Å². The van der Waals surface area contributed by atoms with Crippen molar-refractivity contribution in [2.45, 2.75) is 36.0 Å². The molecule has 1 aliphatic heterocycles. The van der Waals surface area contributed by atoms with E-state index in [0.29, 0.717) is 33.9 Å². The number of fused-ring (bicyclic) bond motifs is 2. The minimum Gasteiger partial charge on any atom is -0.486 e. The van der Waals surface area contributed by atoms with Gasteiger partial charge in [0.1, 0.15) is 11.4 Å². The molecule has 0 radical (unpaired) electrons. The second kappa shape index (κ2) is 6.29. The first-order chi connectivity index (χ1) is 12.4. The summed E-state index contributed by atoms with van der Waals surface area (Å²) in [7, 11) is 0. The lowest BCUT2D eigenvalue weighted by atomic mass is 9.82. The van der Waals surface area contributed by atoms with Gasteiger partial charge in [-0.25, -0.2) is 0 Å². The van der Waals surface area contributed by atoms with Crippen molar-refractivity contribution in [1.82, 2.24) is 0 Å². The number of carbonyl (C=O) groups excluding carboxylic acids is 2. The summed E-state index contributed by atoms with van der Waals surface area (Å²) in [5.74, 6) is -0.349. The molecule has 0 saturated carbocycles. The van der Waals surface area contributed by atoms with Crippen molar-refractivity contribution in [3.8, 4) is 0 Å². The van der Waals surface area contributed by atoms with Gasteiger partial charge in [-0.3, -0.25) is 9.59 Å². The quantitative estimate of drug-likeness (QED) is 0.669. The van der Waals surface area contributed by atoms with Crippen molar-refractivity contribution in [2.24, 2.45) is 0 Å². The maximum atomic E-state index is 12.7. The fraction of sp³-hybridized carbons (Fsp3) is 0.238. The first-order valence-electron chi connectivity index (χ1n) is 8.39. The summed E-state index contributed by atoms with van der Waals surface area (Å²) >= 11 is 7.71. The van der Waals surface area contributed by atoms with Crippen LogP contribution in [0, 0.1) is 0 Å². The number of halogens is 1. The van der Waals surface area contributed by atoms with Crippen molar-refractivity contribution in [2.75, 3.05) is 0 Å². The number of hydrogen-bond donors (Lipinski definition) is 0. The zero-order chi connectivity index (χ0) is 18.5. The molecule has 0 bridgehead atoms. The summed E-state index contributed by atoms with van der Waals surface area (Å²) in [6, 6.07) is 14.8. The summed E-state index contributed by atoms with van der Waals surface area (Å²) in [6.45, 7) is 4.03. The lowest BCUT2D eigenvalue weighted by Crippen LogP contribution is -2.43. The zero-order valence-electron chi connectivity index (χ0n) is 14.4. The van der Waals surface area contributed by atoms with E-state index in [1.54, 1.807) is 23.9 Å². The van der Waals surface area contributed by atoms with Gasteiger partial charge in [0.25, 0.3) is 0 Å². The number of carbonyl (C=O) groups is 2. The molecule has 0 saturated heterocycles. The highest BCUT2D eigenvalue weighted by Gasteiger charge is 2.45. The molecule has 1 atom stereocenters. The fourth-order valence-electron chi connectivity index (χ4n) is 3.35. The van der Waals surface area contributed by atoms with Crippen molar-refractivity contribution < 1.29 is 14.3 Å². The molecule has 1 aliphatic carbocycles. The van der Waals surface area contributed by atoms with E-state index in [0.717, 1.165) is 4.90 Å². The second-order valence-electron chi connectivity index (χ2n) is 6.99. The highest BCUT2D eigenvalue weighted by atomic mass is 35.5. The predicted octanol–water partition coefficient (Wildman–Crippen LogP) is 5.18. The van der Waals surface area contributed by atoms with Gasteiger partial charge in [0.2, 0.25) is 11.6 Å². The van der Waals surface area contributed by atoms with E-state index in [9.17, 15) is 9.59 Å². The smallest absolute Gasteiger partial charge is 0.234 e. The summed E-state index contributed by atoms with van der Waals surface area (Å²) in [4.78, 5) is 26.2. The van der Waals surface area contributed by atoms with Gasteiger partial charge in [0, 0.05) is 26.6 Å². The van der Waals surface area contributed by atoms with Gasteiger partial charge < -0.3 is 4.74 Å². The van der Waals surface area contributed by atoms with E-state index in [-0.39, 0.29) is 5.25 Å². The minimum atomic E-state index is -0.500. The molecule has 0 N–H and O–H groups in total. The van der Waals surface area contributed by atoms with Crippen LogP contribution in [0.3, 0.4) is 0 Å². The standard InChI is InChI=1S/C21H17ClO3S/c1-21(2)17(26-13-7-5-6-12(22)10-13)11-16-19(24)18(23)14-8-3-4-9-15(14)20(16)25-21/h3-10,17H,11H2,1-2H3. The van der Waals surface area contributed by atoms with Crippen molar-refractivity contribution in [3.63, 3.8) is 0 Å². The molecule has 2 aromatic rings. The molecular formula is C21H17ClO3S. The Morgan fingerprint density at radius 2 is 1.77 bits per heavy atom. The molecule has 0 fully saturated rings. The van der Waals surface area contributed by atoms with Gasteiger partial charge in [-0.05, 0) is 38.5 Å². The Hall–Kier alpha value is -2.04. The topological polar surface area (TPSA) is 43.4 Å². The van der Waals surface area contributed by atoms with E-state index in [4.69, 9.17) is 16.3 Å². The molecular weight excluding hydrogens is 368 g/mol. The summed E-state index contributed by atoms with van der Waals surface area (Å²) in [5, 5.41) is 0.656. The first kappa shape index (κ1) is 17.4. The molecule has 0 spiro atoms. The molecule has 1 heterocycles. The van der Waals surface area contributed by atoms with Crippen LogP contribution >= 0.6 is 23.4 Å². The maximum absolute atomic E-state index is 12.7. The van der Waals surface area contributed by atoms with Crippen molar-refractivity contribution in [1.29, 1.82) is 0 Å². The number of ketones is 2. The van der Waals surface area contributed by atoms with Crippen LogP contribution in [-0.4, -0.2) is 22.4 Å². The number of hydrogen-bond acceptors (Lipinski definition) is 4. The maximum Gasteiger partial charge on any atom is 0.234 e. The Morgan fingerprint density at radius 1 is 1.04 bits per heavy atom. The molecule has 0 aromatic heterocycles. The lowest BCUT2D eigenvalue weighted by Gasteiger charge is -2.41. The number of rotatable bonds is 2. The normalized spacial score (nSPS) is 21.1. The third-order valence-corrected chi connectivity index (χ3v) is 6.56. The third kappa shape index (κ3) is 2.87. The van der Waals surface area contributed by atoms with Crippen LogP contribution in [0.25, 0.3) is 5.76 Å². The molecule has 1 unspecified atom stereocenters. The molecule has 5 heteroatoms. The Kier molecular flexibility index (Phi) is 4.20. The first-order valence-corrected chi connectivity index (χ1v) is 9.65. The van der Waals surface area contributed by atoms with Crippen LogP contribution in [0.2, 0.25) is 5.02 Å². The van der Waals surface area contributed by atoms with E-state index >= 15 is 0 Å². The molecule has 26 heavy (non-hydrogen) atoms. The third-order valence-electron chi connectivity index (χ3n) is 4.78. The molecule has 132 valence electrons. The van der Waals surface area contributed by atoms with Crippen LogP contribution in [0.1, 0.15) is 36.2 Å². The van der Waals surface area contributed by atoms with E-state index in [1.165, 1.54) is 0 Å². The fourth-order valence-corrected chi connectivity index (χ4v) is 4.87. The van der Waals surface area contributed by atoms with Crippen LogP contribution in [0.4, 0.5) is 0 Å². The van der Waals surface area contributed by atoms with Crippen LogP contribution in [0.5, 0.6) is 0 Å². The van der Waals surface area contributed by atoms with E-state index in [1.807, 2.05) is 50.2 Å². The summed E-state index contributed by atoms with van der Waals surface area (Å²) in [5.41, 5.74) is 1.12. The predicted molar refractivity (Wildman–Crippen MR) is 104 cm³/mol. The summed E-state index contributed by atoms with van der Waals surface area (Å²) < 4.78 is 6.29. The lowest BCUT2D eigenvalue weighted by molar-refractivity contribution is -0.112. The van der Waals surface area contributed by atoms with Gasteiger partial charge in [0.05, 0.1) is 5.25 Å². The molecule has 0 amide bonds. The molecule has 2 aliphatic rings. The highest BCUT2D eigenvalue weighted by Crippen LogP contribution is 2.47. The Bertz CT molecular complexity index is 961. The number of benzene rings is 2. The Balaban J connectivity index is 1.74. The number of allylic oxidation sites excluding steroid dienone is 1. The number of ether oxygens (including phenoxy) is 1. The largest absolute Gasteiger partial charge is 0.486 e. The van der Waals surface area contributed by atoms with Gasteiger partial charge in [-0.15, -0.1) is 11.8 Å². The summed E-state index contributed by atoms with van der Waals surface area (Å²) in [6.07, 6.45) is 0.485. The molecule has 2 aromatic carbocycles.